The molecule has 1 aromatic carbocycles. The molecule has 0 bridgehead atoms. The highest BCUT2D eigenvalue weighted by molar-refractivity contribution is 7.99. The van der Waals surface area contributed by atoms with Crippen molar-refractivity contribution in [3.05, 3.63) is 29.3 Å². The van der Waals surface area contributed by atoms with Gasteiger partial charge in [-0.25, -0.2) is 8.78 Å². The summed E-state index contributed by atoms with van der Waals surface area (Å²) in [6.45, 7) is 2.41. The Kier molecular flexibility index (Phi) is 5.19. The third-order valence-electron chi connectivity index (χ3n) is 3.34. The first-order valence-electron chi connectivity index (χ1n) is 6.57. The second-order valence-corrected chi connectivity index (χ2v) is 5.84. The Hall–Kier alpha value is -0.650. The fourth-order valence-electron chi connectivity index (χ4n) is 2.38. The number of benzene rings is 1. The van der Waals surface area contributed by atoms with Gasteiger partial charge in [-0.15, -0.1) is 11.8 Å². The summed E-state index contributed by atoms with van der Waals surface area (Å²) in [6.07, 6.45) is -2.59. The SMILES string of the molecule is CCNC(CC(F)F)C(O)c1ccc2c(c1)SCC2. The average molecular weight is 287 g/mol. The first-order valence-corrected chi connectivity index (χ1v) is 7.55. The molecule has 2 nitrogen and oxygen atoms in total. The van der Waals surface area contributed by atoms with Crippen LogP contribution in [0.5, 0.6) is 0 Å². The lowest BCUT2D eigenvalue weighted by molar-refractivity contribution is 0.0663. The molecule has 1 aliphatic rings. The summed E-state index contributed by atoms with van der Waals surface area (Å²) in [5.74, 6) is 1.06. The minimum absolute atomic E-state index is 0.334. The van der Waals surface area contributed by atoms with Crippen molar-refractivity contribution in [2.75, 3.05) is 12.3 Å². The summed E-state index contributed by atoms with van der Waals surface area (Å²) in [5, 5.41) is 13.2. The summed E-state index contributed by atoms with van der Waals surface area (Å²) in [6, 6.07) is 5.19. The second kappa shape index (κ2) is 6.68. The predicted octanol–water partition coefficient (Wildman–Crippen LogP) is 3.00. The van der Waals surface area contributed by atoms with Crippen LogP contribution in [-0.4, -0.2) is 29.9 Å². The summed E-state index contributed by atoms with van der Waals surface area (Å²) in [7, 11) is 0. The monoisotopic (exact) mass is 287 g/mol. The Bertz CT molecular complexity index is 428. The van der Waals surface area contributed by atoms with Crippen LogP contribution in [0.2, 0.25) is 0 Å². The van der Waals surface area contributed by atoms with Gasteiger partial charge in [0.1, 0.15) is 0 Å². The highest BCUT2D eigenvalue weighted by Crippen LogP contribution is 2.34. The van der Waals surface area contributed by atoms with Gasteiger partial charge in [-0.1, -0.05) is 19.1 Å². The van der Waals surface area contributed by atoms with Crippen molar-refractivity contribution in [2.24, 2.45) is 0 Å². The molecule has 2 unspecified atom stereocenters. The molecule has 1 aromatic rings. The first kappa shape index (κ1) is 14.8. The van der Waals surface area contributed by atoms with E-state index in [2.05, 4.69) is 5.32 Å². The molecule has 0 amide bonds. The summed E-state index contributed by atoms with van der Waals surface area (Å²) >= 11 is 1.76. The van der Waals surface area contributed by atoms with Gasteiger partial charge >= 0.3 is 0 Å². The topological polar surface area (TPSA) is 32.3 Å². The zero-order valence-electron chi connectivity index (χ0n) is 10.9. The van der Waals surface area contributed by atoms with E-state index in [1.807, 2.05) is 25.1 Å². The number of aryl methyl sites for hydroxylation is 1. The van der Waals surface area contributed by atoms with E-state index >= 15 is 0 Å². The van der Waals surface area contributed by atoms with Gasteiger partial charge in [-0.05, 0) is 30.2 Å². The maximum Gasteiger partial charge on any atom is 0.240 e. The largest absolute Gasteiger partial charge is 0.387 e. The van der Waals surface area contributed by atoms with Crippen molar-refractivity contribution in [2.45, 2.75) is 43.2 Å². The summed E-state index contributed by atoms with van der Waals surface area (Å²) in [5.41, 5.74) is 2.01. The van der Waals surface area contributed by atoms with Crippen molar-refractivity contribution in [1.82, 2.24) is 5.32 Å². The minimum Gasteiger partial charge on any atom is -0.387 e. The molecule has 2 N–H and O–H groups in total. The fraction of sp³-hybridized carbons (Fsp3) is 0.571. The van der Waals surface area contributed by atoms with Crippen LogP contribution in [0.25, 0.3) is 0 Å². The number of rotatable bonds is 6. The molecular weight excluding hydrogens is 268 g/mol. The molecule has 2 atom stereocenters. The molecule has 5 heteroatoms. The molecule has 0 saturated heterocycles. The number of hydrogen-bond acceptors (Lipinski definition) is 3. The van der Waals surface area contributed by atoms with Crippen molar-refractivity contribution < 1.29 is 13.9 Å². The molecule has 1 heterocycles. The molecule has 0 aromatic heterocycles. The maximum atomic E-state index is 12.5. The fourth-order valence-corrected chi connectivity index (χ4v) is 3.49. The lowest BCUT2D eigenvalue weighted by Gasteiger charge is -2.24. The standard InChI is InChI=1S/C14H19F2NOS/c1-2-17-11(8-13(15)16)14(18)10-4-3-9-5-6-19-12(9)7-10/h3-4,7,11,13-14,17-18H,2,5-6,8H2,1H3. The number of thioether (sulfide) groups is 1. The normalized spacial score (nSPS) is 17.5. The number of alkyl halides is 2. The van der Waals surface area contributed by atoms with Crippen LogP contribution in [0.15, 0.2) is 23.1 Å². The molecule has 0 aliphatic carbocycles. The second-order valence-electron chi connectivity index (χ2n) is 4.70. The molecule has 0 spiro atoms. The Morgan fingerprint density at radius 1 is 1.42 bits per heavy atom. The quantitative estimate of drug-likeness (QED) is 0.843. The Labute approximate surface area is 116 Å². The molecular formula is C14H19F2NOS. The van der Waals surface area contributed by atoms with Crippen molar-refractivity contribution in [3.63, 3.8) is 0 Å². The number of likely N-dealkylation sites (N-methyl/N-ethyl adjacent to an activating group) is 1. The van der Waals surface area contributed by atoms with Gasteiger partial charge in [-0.2, -0.15) is 0 Å². The van der Waals surface area contributed by atoms with E-state index in [-0.39, 0.29) is 6.42 Å². The summed E-state index contributed by atoms with van der Waals surface area (Å²) in [4.78, 5) is 1.17. The third kappa shape index (κ3) is 3.68. The number of nitrogens with one attached hydrogen (secondary N) is 1. The van der Waals surface area contributed by atoms with E-state index in [1.165, 1.54) is 10.5 Å². The highest BCUT2D eigenvalue weighted by atomic mass is 32.2. The van der Waals surface area contributed by atoms with E-state index in [9.17, 15) is 13.9 Å². The maximum absolute atomic E-state index is 12.5. The van der Waals surface area contributed by atoms with Crippen molar-refractivity contribution in [3.8, 4) is 0 Å². The molecule has 106 valence electrons. The van der Waals surface area contributed by atoms with Gasteiger partial charge in [0.2, 0.25) is 6.43 Å². The van der Waals surface area contributed by atoms with Gasteiger partial charge in [-0.3, -0.25) is 0 Å². The smallest absolute Gasteiger partial charge is 0.240 e. The number of halogens is 2. The van der Waals surface area contributed by atoms with Crippen LogP contribution in [0.1, 0.15) is 30.6 Å². The van der Waals surface area contributed by atoms with E-state index in [0.717, 1.165) is 17.7 Å². The predicted molar refractivity (Wildman–Crippen MR) is 73.9 cm³/mol. The molecule has 0 saturated carbocycles. The molecule has 0 fully saturated rings. The van der Waals surface area contributed by atoms with E-state index in [1.54, 1.807) is 11.8 Å². The van der Waals surface area contributed by atoms with Crippen LogP contribution >= 0.6 is 11.8 Å². The zero-order chi connectivity index (χ0) is 13.8. The number of fused-ring (bicyclic) bond motifs is 1. The lowest BCUT2D eigenvalue weighted by Crippen LogP contribution is -2.36. The highest BCUT2D eigenvalue weighted by Gasteiger charge is 2.25. The first-order chi connectivity index (χ1) is 9.11. The summed E-state index contributed by atoms with van der Waals surface area (Å²) < 4.78 is 25.1. The van der Waals surface area contributed by atoms with Gasteiger partial charge in [0.15, 0.2) is 0 Å². The molecule has 19 heavy (non-hydrogen) atoms. The van der Waals surface area contributed by atoms with Crippen molar-refractivity contribution >= 4 is 11.8 Å². The molecule has 2 rings (SSSR count). The van der Waals surface area contributed by atoms with Crippen LogP contribution in [0.3, 0.4) is 0 Å². The number of aliphatic hydroxyl groups excluding tert-OH is 1. The van der Waals surface area contributed by atoms with Crippen LogP contribution < -0.4 is 5.32 Å². The number of aliphatic hydroxyl groups is 1. The van der Waals surface area contributed by atoms with Gasteiger partial charge < -0.3 is 10.4 Å². The van der Waals surface area contributed by atoms with Gasteiger partial charge in [0.25, 0.3) is 0 Å². The number of hydrogen-bond donors (Lipinski definition) is 2. The lowest BCUT2D eigenvalue weighted by atomic mass is 9.98. The van der Waals surface area contributed by atoms with E-state index in [0.29, 0.717) is 6.54 Å². The molecule has 1 aliphatic heterocycles. The van der Waals surface area contributed by atoms with Gasteiger partial charge in [0.05, 0.1) is 6.10 Å². The Morgan fingerprint density at radius 3 is 2.89 bits per heavy atom. The molecule has 0 radical (unpaired) electrons. The van der Waals surface area contributed by atoms with Gasteiger partial charge in [0, 0.05) is 23.1 Å². The van der Waals surface area contributed by atoms with E-state index in [4.69, 9.17) is 0 Å². The zero-order valence-corrected chi connectivity index (χ0v) is 11.7. The van der Waals surface area contributed by atoms with Crippen molar-refractivity contribution in [1.29, 1.82) is 0 Å². The Balaban J connectivity index is 2.13. The van der Waals surface area contributed by atoms with Crippen LogP contribution in [-0.2, 0) is 6.42 Å². The van der Waals surface area contributed by atoms with Crippen LogP contribution in [0.4, 0.5) is 8.78 Å². The minimum atomic E-state index is -2.41. The van der Waals surface area contributed by atoms with E-state index < -0.39 is 18.6 Å². The third-order valence-corrected chi connectivity index (χ3v) is 4.44. The Morgan fingerprint density at radius 2 is 2.21 bits per heavy atom. The van der Waals surface area contributed by atoms with Crippen LogP contribution in [0, 0.1) is 0 Å². The average Bonchev–Trinajstić information content (AvgIpc) is 2.84.